The molecule has 1 rings (SSSR count). The Morgan fingerprint density at radius 2 is 2.20 bits per heavy atom. The molecule has 0 aromatic heterocycles. The van der Waals surface area contributed by atoms with Crippen molar-refractivity contribution >= 4 is 15.9 Å². The normalized spacial score (nSPS) is 15.0. The van der Waals surface area contributed by atoms with Crippen LogP contribution in [0.1, 0.15) is 19.4 Å². The highest BCUT2D eigenvalue weighted by molar-refractivity contribution is 9.10. The maximum atomic E-state index is 13.7. The molecule has 84 valence electrons. The van der Waals surface area contributed by atoms with E-state index < -0.39 is 5.60 Å². The molecule has 1 atom stereocenters. The van der Waals surface area contributed by atoms with Gasteiger partial charge in [0, 0.05) is 23.2 Å². The van der Waals surface area contributed by atoms with E-state index in [4.69, 9.17) is 10.5 Å². The van der Waals surface area contributed by atoms with Gasteiger partial charge in [-0.25, -0.2) is 4.39 Å². The molecule has 1 aromatic rings. The lowest BCUT2D eigenvalue weighted by Crippen LogP contribution is -2.35. The van der Waals surface area contributed by atoms with Gasteiger partial charge < -0.3 is 10.5 Å². The summed E-state index contributed by atoms with van der Waals surface area (Å²) >= 11 is 3.21. The Kier molecular flexibility index (Phi) is 4.25. The maximum Gasteiger partial charge on any atom is 0.130 e. The Balaban J connectivity index is 3.12. The lowest BCUT2D eigenvalue weighted by atomic mass is 9.95. The zero-order chi connectivity index (χ0) is 11.5. The second kappa shape index (κ2) is 5.05. The third kappa shape index (κ3) is 2.77. The van der Waals surface area contributed by atoms with Crippen LogP contribution < -0.4 is 5.73 Å². The SMILES string of the molecule is CCOC(C)(CN)c1ccc(Br)cc1F. The van der Waals surface area contributed by atoms with Crippen LogP contribution in [0.15, 0.2) is 22.7 Å². The average Bonchev–Trinajstić information content (AvgIpc) is 2.17. The van der Waals surface area contributed by atoms with E-state index in [1.54, 1.807) is 19.1 Å². The molecule has 0 bridgehead atoms. The zero-order valence-corrected chi connectivity index (χ0v) is 10.5. The van der Waals surface area contributed by atoms with Gasteiger partial charge in [-0.3, -0.25) is 0 Å². The summed E-state index contributed by atoms with van der Waals surface area (Å²) < 4.78 is 19.9. The number of ether oxygens (including phenoxy) is 1. The molecule has 0 aliphatic rings. The van der Waals surface area contributed by atoms with Crippen LogP contribution in [-0.2, 0) is 10.3 Å². The Hall–Kier alpha value is -0.450. The maximum absolute atomic E-state index is 13.7. The van der Waals surface area contributed by atoms with E-state index in [2.05, 4.69) is 15.9 Å². The van der Waals surface area contributed by atoms with Crippen molar-refractivity contribution in [2.75, 3.05) is 13.2 Å². The Morgan fingerprint density at radius 3 is 2.67 bits per heavy atom. The summed E-state index contributed by atoms with van der Waals surface area (Å²) in [5.41, 5.74) is 5.37. The lowest BCUT2D eigenvalue weighted by Gasteiger charge is -2.28. The lowest BCUT2D eigenvalue weighted by molar-refractivity contribution is -0.0244. The van der Waals surface area contributed by atoms with Gasteiger partial charge >= 0.3 is 0 Å². The molecule has 0 amide bonds. The molecule has 0 saturated heterocycles. The molecule has 1 aromatic carbocycles. The van der Waals surface area contributed by atoms with Gasteiger partial charge in [0.2, 0.25) is 0 Å². The van der Waals surface area contributed by atoms with Gasteiger partial charge in [-0.05, 0) is 26.0 Å². The van der Waals surface area contributed by atoms with Crippen molar-refractivity contribution in [3.63, 3.8) is 0 Å². The minimum atomic E-state index is -0.750. The quantitative estimate of drug-likeness (QED) is 0.917. The van der Waals surface area contributed by atoms with E-state index in [-0.39, 0.29) is 12.4 Å². The van der Waals surface area contributed by atoms with Crippen LogP contribution in [0.2, 0.25) is 0 Å². The monoisotopic (exact) mass is 275 g/mol. The topological polar surface area (TPSA) is 35.2 Å². The molecule has 2 N–H and O–H groups in total. The fourth-order valence-corrected chi connectivity index (χ4v) is 1.82. The Labute approximate surface area is 97.7 Å². The molecule has 0 aliphatic carbocycles. The van der Waals surface area contributed by atoms with Crippen molar-refractivity contribution in [3.05, 3.63) is 34.1 Å². The third-order valence-corrected chi connectivity index (χ3v) is 2.85. The van der Waals surface area contributed by atoms with Crippen molar-refractivity contribution in [3.8, 4) is 0 Å². The van der Waals surface area contributed by atoms with Gasteiger partial charge in [-0.1, -0.05) is 22.0 Å². The van der Waals surface area contributed by atoms with Gasteiger partial charge in [0.1, 0.15) is 11.4 Å². The second-order valence-electron chi connectivity index (χ2n) is 3.49. The molecular formula is C11H15BrFNO. The molecule has 0 heterocycles. The van der Waals surface area contributed by atoms with Crippen LogP contribution in [0.3, 0.4) is 0 Å². The van der Waals surface area contributed by atoms with Crippen molar-refractivity contribution in [2.24, 2.45) is 5.73 Å². The Morgan fingerprint density at radius 1 is 1.53 bits per heavy atom. The first-order valence-electron chi connectivity index (χ1n) is 4.83. The van der Waals surface area contributed by atoms with Crippen LogP contribution in [-0.4, -0.2) is 13.2 Å². The van der Waals surface area contributed by atoms with Crippen LogP contribution in [0.5, 0.6) is 0 Å². The fraction of sp³-hybridized carbons (Fsp3) is 0.455. The molecule has 0 aliphatic heterocycles. The molecule has 2 nitrogen and oxygen atoms in total. The highest BCUT2D eigenvalue weighted by atomic mass is 79.9. The van der Waals surface area contributed by atoms with Crippen molar-refractivity contribution in [2.45, 2.75) is 19.4 Å². The van der Waals surface area contributed by atoms with E-state index in [1.165, 1.54) is 6.07 Å². The fourth-order valence-electron chi connectivity index (χ4n) is 1.48. The molecule has 0 radical (unpaired) electrons. The number of rotatable bonds is 4. The average molecular weight is 276 g/mol. The van der Waals surface area contributed by atoms with Crippen molar-refractivity contribution in [1.82, 2.24) is 0 Å². The number of nitrogens with two attached hydrogens (primary N) is 1. The molecule has 15 heavy (non-hydrogen) atoms. The summed E-state index contributed by atoms with van der Waals surface area (Å²) in [5.74, 6) is -0.300. The van der Waals surface area contributed by atoms with Gasteiger partial charge in [0.05, 0.1) is 0 Å². The molecular weight excluding hydrogens is 261 g/mol. The highest BCUT2D eigenvalue weighted by Gasteiger charge is 2.28. The molecule has 0 fully saturated rings. The number of hydrogen-bond donors (Lipinski definition) is 1. The van der Waals surface area contributed by atoms with Crippen LogP contribution in [0.25, 0.3) is 0 Å². The van der Waals surface area contributed by atoms with Gasteiger partial charge in [-0.15, -0.1) is 0 Å². The smallest absolute Gasteiger partial charge is 0.130 e. The van der Waals surface area contributed by atoms with Crippen molar-refractivity contribution < 1.29 is 9.13 Å². The van der Waals surface area contributed by atoms with Gasteiger partial charge in [0.15, 0.2) is 0 Å². The summed E-state index contributed by atoms with van der Waals surface area (Å²) in [6.45, 7) is 4.41. The first kappa shape index (κ1) is 12.6. The highest BCUT2D eigenvalue weighted by Crippen LogP contribution is 2.28. The number of halogens is 2. The summed E-state index contributed by atoms with van der Waals surface area (Å²) in [5, 5.41) is 0. The zero-order valence-electron chi connectivity index (χ0n) is 8.89. The standard InChI is InChI=1S/C11H15BrFNO/c1-3-15-11(2,7-14)9-5-4-8(12)6-10(9)13/h4-6H,3,7,14H2,1-2H3. The van der Waals surface area contributed by atoms with Gasteiger partial charge in [-0.2, -0.15) is 0 Å². The predicted molar refractivity (Wildman–Crippen MR) is 62.1 cm³/mol. The van der Waals surface area contributed by atoms with Crippen LogP contribution >= 0.6 is 15.9 Å². The third-order valence-electron chi connectivity index (χ3n) is 2.35. The molecule has 1 unspecified atom stereocenters. The van der Waals surface area contributed by atoms with Crippen LogP contribution in [0.4, 0.5) is 4.39 Å². The second-order valence-corrected chi connectivity index (χ2v) is 4.41. The minimum absolute atomic E-state index is 0.249. The van der Waals surface area contributed by atoms with Crippen molar-refractivity contribution in [1.29, 1.82) is 0 Å². The summed E-state index contributed by atoms with van der Waals surface area (Å²) in [7, 11) is 0. The minimum Gasteiger partial charge on any atom is -0.369 e. The molecule has 0 saturated carbocycles. The molecule has 0 spiro atoms. The van der Waals surface area contributed by atoms with E-state index in [0.29, 0.717) is 16.6 Å². The number of hydrogen-bond acceptors (Lipinski definition) is 2. The van der Waals surface area contributed by atoms with Gasteiger partial charge in [0.25, 0.3) is 0 Å². The van der Waals surface area contributed by atoms with E-state index in [1.807, 2.05) is 6.92 Å². The number of benzene rings is 1. The largest absolute Gasteiger partial charge is 0.369 e. The van der Waals surface area contributed by atoms with E-state index in [9.17, 15) is 4.39 Å². The first-order chi connectivity index (χ1) is 7.03. The molecule has 4 heteroatoms. The van der Waals surface area contributed by atoms with Crippen LogP contribution in [0, 0.1) is 5.82 Å². The predicted octanol–water partition coefficient (Wildman–Crippen LogP) is 2.80. The first-order valence-corrected chi connectivity index (χ1v) is 5.62. The summed E-state index contributed by atoms with van der Waals surface area (Å²) in [4.78, 5) is 0. The van der Waals surface area contributed by atoms with E-state index >= 15 is 0 Å². The summed E-state index contributed by atoms with van der Waals surface area (Å²) in [6.07, 6.45) is 0. The summed E-state index contributed by atoms with van der Waals surface area (Å²) in [6, 6.07) is 4.90. The Bertz CT molecular complexity index is 345. The van der Waals surface area contributed by atoms with E-state index in [0.717, 1.165) is 0 Å².